The van der Waals surface area contributed by atoms with E-state index in [1.165, 1.54) is 7.11 Å². The van der Waals surface area contributed by atoms with Gasteiger partial charge in [-0.2, -0.15) is 0 Å². The number of methoxy groups -OCH3 is 1. The maximum Gasteiger partial charge on any atom is 0.305 e. The van der Waals surface area contributed by atoms with Crippen LogP contribution in [-0.2, 0) is 14.3 Å². The summed E-state index contributed by atoms with van der Waals surface area (Å²) in [5.41, 5.74) is 4.95. The molecule has 0 aromatic rings. The Morgan fingerprint density at radius 1 is 1.56 bits per heavy atom. The van der Waals surface area contributed by atoms with E-state index in [1.807, 2.05) is 4.90 Å². The number of hydrogen-bond donors (Lipinski definition) is 1. The maximum absolute atomic E-state index is 11.1. The number of carbonyl (C=O) groups is 2. The minimum atomic E-state index is -0.879. The predicted octanol–water partition coefficient (Wildman–Crippen LogP) is 0.135. The summed E-state index contributed by atoms with van der Waals surface area (Å²) in [6.07, 6.45) is 3.01. The number of rotatable bonds is 4. The molecule has 0 aliphatic carbocycles. The molecule has 2 N–H and O–H groups in total. The third kappa shape index (κ3) is 3.28. The smallest absolute Gasteiger partial charge is 0.305 e. The van der Waals surface area contributed by atoms with Gasteiger partial charge in [-0.05, 0) is 25.7 Å². The second-order valence-corrected chi connectivity index (χ2v) is 4.55. The minimum Gasteiger partial charge on any atom is -0.469 e. The fourth-order valence-electron chi connectivity index (χ4n) is 2.01. The summed E-state index contributed by atoms with van der Waals surface area (Å²) in [6, 6.07) is 0. The van der Waals surface area contributed by atoms with Gasteiger partial charge >= 0.3 is 5.97 Å². The zero-order valence-electron chi connectivity index (χ0n) is 9.94. The van der Waals surface area contributed by atoms with Crippen molar-refractivity contribution in [2.45, 2.75) is 31.8 Å². The topological polar surface area (TPSA) is 72.6 Å². The van der Waals surface area contributed by atoms with Gasteiger partial charge in [0.15, 0.2) is 6.29 Å². The van der Waals surface area contributed by atoms with Gasteiger partial charge in [-0.25, -0.2) is 0 Å². The van der Waals surface area contributed by atoms with Crippen molar-refractivity contribution in [1.29, 1.82) is 0 Å². The van der Waals surface area contributed by atoms with Crippen LogP contribution in [0.3, 0.4) is 0 Å². The van der Waals surface area contributed by atoms with Gasteiger partial charge in [0, 0.05) is 19.5 Å². The number of aldehydes is 1. The van der Waals surface area contributed by atoms with Crippen LogP contribution in [0.25, 0.3) is 0 Å². The molecular formula is C11H20N2O3. The monoisotopic (exact) mass is 228 g/mol. The highest BCUT2D eigenvalue weighted by Gasteiger charge is 2.31. The lowest BCUT2D eigenvalue weighted by Crippen LogP contribution is -2.57. The van der Waals surface area contributed by atoms with Gasteiger partial charge in [0.05, 0.1) is 7.11 Å². The maximum atomic E-state index is 11.1. The molecule has 5 nitrogen and oxygen atoms in total. The Hall–Kier alpha value is -0.940. The molecule has 1 saturated heterocycles. The third-order valence-corrected chi connectivity index (χ3v) is 3.22. The van der Waals surface area contributed by atoms with Crippen LogP contribution in [0.1, 0.15) is 26.2 Å². The molecule has 0 bridgehead atoms. The van der Waals surface area contributed by atoms with Crippen molar-refractivity contribution in [2.24, 2.45) is 11.7 Å². The van der Waals surface area contributed by atoms with Gasteiger partial charge in [0.2, 0.25) is 0 Å². The number of carbonyl (C=O) groups excluding carboxylic acids is 2. The van der Waals surface area contributed by atoms with Gasteiger partial charge in [-0.15, -0.1) is 0 Å². The first-order valence-electron chi connectivity index (χ1n) is 5.56. The zero-order chi connectivity index (χ0) is 12.2. The number of likely N-dealkylation sites (tertiary alicyclic amines) is 1. The van der Waals surface area contributed by atoms with Crippen LogP contribution < -0.4 is 5.73 Å². The Balaban J connectivity index is 2.39. The Kier molecular flexibility index (Phi) is 4.44. The summed E-state index contributed by atoms with van der Waals surface area (Å²) < 4.78 is 4.63. The van der Waals surface area contributed by atoms with Gasteiger partial charge in [0.1, 0.15) is 5.66 Å². The predicted molar refractivity (Wildman–Crippen MR) is 59.6 cm³/mol. The van der Waals surface area contributed by atoms with Crippen LogP contribution in [0.15, 0.2) is 0 Å². The molecule has 0 saturated carbocycles. The van der Waals surface area contributed by atoms with Crippen molar-refractivity contribution in [3.63, 3.8) is 0 Å². The van der Waals surface area contributed by atoms with E-state index in [-0.39, 0.29) is 5.97 Å². The second kappa shape index (κ2) is 5.41. The second-order valence-electron chi connectivity index (χ2n) is 4.55. The van der Waals surface area contributed by atoms with Crippen molar-refractivity contribution in [2.75, 3.05) is 20.2 Å². The van der Waals surface area contributed by atoms with E-state index < -0.39 is 5.66 Å². The van der Waals surface area contributed by atoms with Gasteiger partial charge in [-0.3, -0.25) is 14.5 Å². The summed E-state index contributed by atoms with van der Waals surface area (Å²) in [4.78, 5) is 23.8. The van der Waals surface area contributed by atoms with E-state index in [9.17, 15) is 9.59 Å². The molecule has 0 aromatic carbocycles. The highest BCUT2D eigenvalue weighted by Crippen LogP contribution is 2.23. The number of esters is 1. The van der Waals surface area contributed by atoms with E-state index in [4.69, 9.17) is 5.73 Å². The lowest BCUT2D eigenvalue weighted by molar-refractivity contribution is -0.142. The first-order valence-corrected chi connectivity index (χ1v) is 5.56. The number of hydrogen-bond acceptors (Lipinski definition) is 5. The summed E-state index contributed by atoms with van der Waals surface area (Å²) >= 11 is 0. The first kappa shape index (κ1) is 13.1. The fraction of sp³-hybridized carbons (Fsp3) is 0.818. The van der Waals surface area contributed by atoms with Crippen molar-refractivity contribution in [1.82, 2.24) is 4.90 Å². The van der Waals surface area contributed by atoms with Crippen molar-refractivity contribution < 1.29 is 14.3 Å². The SMILES string of the molecule is COC(=O)CC1CCN([C@](C)(N)C=O)CC1. The Morgan fingerprint density at radius 2 is 2.12 bits per heavy atom. The number of piperidine rings is 1. The average Bonchev–Trinajstić information content (AvgIpc) is 2.29. The lowest BCUT2D eigenvalue weighted by atomic mass is 9.92. The molecule has 1 rings (SSSR count). The minimum absolute atomic E-state index is 0.163. The molecule has 5 heteroatoms. The highest BCUT2D eigenvalue weighted by atomic mass is 16.5. The van der Waals surface area contributed by atoms with Crippen LogP contribution in [0.2, 0.25) is 0 Å². The summed E-state index contributed by atoms with van der Waals surface area (Å²) in [6.45, 7) is 3.22. The molecule has 16 heavy (non-hydrogen) atoms. The summed E-state index contributed by atoms with van der Waals surface area (Å²) in [7, 11) is 1.40. The molecule has 92 valence electrons. The molecule has 1 aliphatic heterocycles. The van der Waals surface area contributed by atoms with E-state index >= 15 is 0 Å². The van der Waals surface area contributed by atoms with Crippen molar-refractivity contribution in [3.05, 3.63) is 0 Å². The molecule has 1 atom stereocenters. The van der Waals surface area contributed by atoms with Crippen LogP contribution in [0.4, 0.5) is 0 Å². The first-order chi connectivity index (χ1) is 7.49. The van der Waals surface area contributed by atoms with E-state index in [2.05, 4.69) is 4.74 Å². The van der Waals surface area contributed by atoms with Gasteiger partial charge in [0.25, 0.3) is 0 Å². The van der Waals surface area contributed by atoms with Crippen LogP contribution >= 0.6 is 0 Å². The largest absolute Gasteiger partial charge is 0.469 e. The van der Waals surface area contributed by atoms with E-state index in [0.29, 0.717) is 12.3 Å². The molecule has 1 heterocycles. The molecule has 0 spiro atoms. The molecule has 1 fully saturated rings. The molecular weight excluding hydrogens is 208 g/mol. The molecule has 1 aliphatic rings. The van der Waals surface area contributed by atoms with Crippen molar-refractivity contribution >= 4 is 12.3 Å². The lowest BCUT2D eigenvalue weighted by Gasteiger charge is -2.39. The van der Waals surface area contributed by atoms with E-state index in [1.54, 1.807) is 6.92 Å². The average molecular weight is 228 g/mol. The number of ether oxygens (including phenoxy) is 1. The quantitative estimate of drug-likeness (QED) is 0.547. The van der Waals surface area contributed by atoms with Crippen LogP contribution in [0, 0.1) is 5.92 Å². The standard InChI is InChI=1S/C11H20N2O3/c1-11(12,8-14)13-5-3-9(4-6-13)7-10(15)16-2/h8-9H,3-7,12H2,1-2H3/t11-/m0/s1. The number of nitrogens with zero attached hydrogens (tertiary/aromatic N) is 1. The molecule has 0 amide bonds. The highest BCUT2D eigenvalue weighted by molar-refractivity contribution is 5.69. The number of nitrogens with two attached hydrogens (primary N) is 1. The van der Waals surface area contributed by atoms with Crippen molar-refractivity contribution in [3.8, 4) is 0 Å². The molecule has 0 aromatic heterocycles. The van der Waals surface area contributed by atoms with Gasteiger partial charge in [-0.1, -0.05) is 0 Å². The van der Waals surface area contributed by atoms with Crippen LogP contribution in [-0.4, -0.2) is 43.0 Å². The van der Waals surface area contributed by atoms with E-state index in [0.717, 1.165) is 32.2 Å². The molecule has 0 radical (unpaired) electrons. The Bertz CT molecular complexity index is 258. The Labute approximate surface area is 95.9 Å². The summed E-state index contributed by atoms with van der Waals surface area (Å²) in [5, 5.41) is 0. The normalized spacial score (nSPS) is 22.4. The third-order valence-electron chi connectivity index (χ3n) is 3.22. The Morgan fingerprint density at radius 3 is 2.56 bits per heavy atom. The molecule has 0 unspecified atom stereocenters. The van der Waals surface area contributed by atoms with Crippen LogP contribution in [0.5, 0.6) is 0 Å². The van der Waals surface area contributed by atoms with Gasteiger partial charge < -0.3 is 10.5 Å². The zero-order valence-corrected chi connectivity index (χ0v) is 9.94. The summed E-state index contributed by atoms with van der Waals surface area (Å²) in [5.74, 6) is 0.190. The fourth-order valence-corrected chi connectivity index (χ4v) is 2.01.